The van der Waals surface area contributed by atoms with E-state index in [9.17, 15) is 4.79 Å². The van der Waals surface area contributed by atoms with Crippen LogP contribution in [0.1, 0.15) is 40.2 Å². The van der Waals surface area contributed by atoms with Gasteiger partial charge in [-0.1, -0.05) is 29.3 Å². The van der Waals surface area contributed by atoms with Crippen LogP contribution in [0, 0.1) is 6.92 Å². The number of benzene rings is 2. The van der Waals surface area contributed by atoms with Crippen molar-refractivity contribution in [3.8, 4) is 0 Å². The number of hydroxylamine groups is 1. The van der Waals surface area contributed by atoms with Gasteiger partial charge in [0.25, 0.3) is 0 Å². The van der Waals surface area contributed by atoms with Gasteiger partial charge in [-0.15, -0.1) is 0 Å². The number of carbonyl (C=O) groups excluding carboxylic acids is 1. The van der Waals surface area contributed by atoms with Gasteiger partial charge in [0, 0.05) is 42.4 Å². The molecule has 0 unspecified atom stereocenters. The monoisotopic (exact) mass is 410 g/mol. The van der Waals surface area contributed by atoms with E-state index in [2.05, 4.69) is 4.98 Å². The summed E-state index contributed by atoms with van der Waals surface area (Å²) < 4.78 is 5.52. The lowest BCUT2D eigenvalue weighted by molar-refractivity contribution is 0.0476. The van der Waals surface area contributed by atoms with Crippen molar-refractivity contribution in [2.24, 2.45) is 0 Å². The number of aromatic nitrogens is 1. The van der Waals surface area contributed by atoms with Gasteiger partial charge in [0.1, 0.15) is 0 Å². The molecule has 29 heavy (non-hydrogen) atoms. The van der Waals surface area contributed by atoms with Crippen molar-refractivity contribution in [3.05, 3.63) is 70.4 Å². The molecule has 0 atom stereocenters. The van der Waals surface area contributed by atoms with Crippen LogP contribution in [0.2, 0.25) is 5.02 Å². The van der Waals surface area contributed by atoms with E-state index < -0.39 is 5.97 Å². The van der Waals surface area contributed by atoms with E-state index in [0.29, 0.717) is 23.8 Å². The minimum absolute atomic E-state index is 0.287. The highest BCUT2D eigenvalue weighted by Gasteiger charge is 2.25. The quantitative estimate of drug-likeness (QED) is 0.546. The molecule has 0 radical (unpaired) electrons. The molecule has 2 aromatic carbocycles. The van der Waals surface area contributed by atoms with Crippen molar-refractivity contribution in [1.29, 1.82) is 0 Å². The normalized spacial score (nSPS) is 14.7. The molecule has 0 N–H and O–H groups in total. The second-order valence-corrected chi connectivity index (χ2v) is 7.79. The lowest BCUT2D eigenvalue weighted by Crippen LogP contribution is -2.26. The highest BCUT2D eigenvalue weighted by atomic mass is 35.5. The molecule has 1 aromatic heterocycles. The fourth-order valence-corrected chi connectivity index (χ4v) is 3.99. The number of aryl methyl sites for hydroxylation is 1. The van der Waals surface area contributed by atoms with Crippen LogP contribution in [0.5, 0.6) is 0 Å². The number of hydrogen-bond donors (Lipinski definition) is 0. The lowest BCUT2D eigenvalue weighted by atomic mass is 9.90. The molecular formula is C23H23ClN2O3. The Morgan fingerprint density at radius 1 is 1.21 bits per heavy atom. The predicted molar refractivity (Wildman–Crippen MR) is 115 cm³/mol. The summed E-state index contributed by atoms with van der Waals surface area (Å²) in [5.74, 6) is -0.115. The number of rotatable bonds is 4. The summed E-state index contributed by atoms with van der Waals surface area (Å²) >= 11 is 6.28. The standard InChI is InChI=1S/C23H23ClN2O3/c1-15-4-3-5-17(12-15)23(27)29-26(2)22-19-13-18(24)6-7-21(19)25-14-20(22)16-8-10-28-11-9-16/h3-7,12-14,16H,8-11H2,1-2H3. The van der Waals surface area contributed by atoms with Crippen LogP contribution in [-0.4, -0.2) is 31.2 Å². The third kappa shape index (κ3) is 4.21. The molecule has 6 heteroatoms. The van der Waals surface area contributed by atoms with E-state index in [0.717, 1.165) is 40.6 Å². The summed E-state index contributed by atoms with van der Waals surface area (Å²) in [5, 5.41) is 3.03. The van der Waals surface area contributed by atoms with E-state index >= 15 is 0 Å². The fraction of sp³-hybridized carbons (Fsp3) is 0.304. The van der Waals surface area contributed by atoms with Crippen LogP contribution in [0.25, 0.3) is 10.9 Å². The number of nitrogens with zero attached hydrogens (tertiary/aromatic N) is 2. The number of carbonyl (C=O) groups is 1. The van der Waals surface area contributed by atoms with Gasteiger partial charge < -0.3 is 9.57 Å². The molecule has 0 saturated carbocycles. The SMILES string of the molecule is Cc1cccc(C(=O)ON(C)c2c(C3CCOCC3)cnc3ccc(Cl)cc23)c1. The van der Waals surface area contributed by atoms with Gasteiger partial charge in [-0.05, 0) is 56.0 Å². The van der Waals surface area contributed by atoms with Gasteiger partial charge in [0.15, 0.2) is 0 Å². The second-order valence-electron chi connectivity index (χ2n) is 7.36. The van der Waals surface area contributed by atoms with Gasteiger partial charge in [0.2, 0.25) is 0 Å². The van der Waals surface area contributed by atoms with Crippen molar-refractivity contribution < 1.29 is 14.4 Å². The van der Waals surface area contributed by atoms with Crippen LogP contribution in [-0.2, 0) is 9.57 Å². The maximum absolute atomic E-state index is 12.7. The van der Waals surface area contributed by atoms with Crippen molar-refractivity contribution in [1.82, 2.24) is 4.98 Å². The first-order valence-corrected chi connectivity index (χ1v) is 10.1. The average Bonchev–Trinajstić information content (AvgIpc) is 2.73. The maximum Gasteiger partial charge on any atom is 0.363 e. The van der Waals surface area contributed by atoms with E-state index in [4.69, 9.17) is 21.2 Å². The summed E-state index contributed by atoms with van der Waals surface area (Å²) in [7, 11) is 1.76. The predicted octanol–water partition coefficient (Wildman–Crippen LogP) is 5.30. The Balaban J connectivity index is 1.74. The first-order chi connectivity index (χ1) is 14.0. The van der Waals surface area contributed by atoms with E-state index in [-0.39, 0.29) is 5.92 Å². The van der Waals surface area contributed by atoms with E-state index in [1.54, 1.807) is 18.2 Å². The smallest absolute Gasteiger partial charge is 0.363 e. The molecule has 150 valence electrons. The largest absolute Gasteiger partial charge is 0.381 e. The van der Waals surface area contributed by atoms with Crippen LogP contribution in [0.4, 0.5) is 5.69 Å². The number of hydrogen-bond acceptors (Lipinski definition) is 5. The molecule has 1 aliphatic heterocycles. The number of anilines is 1. The minimum atomic E-state index is -0.402. The zero-order valence-electron chi connectivity index (χ0n) is 16.5. The zero-order chi connectivity index (χ0) is 20.4. The molecule has 5 nitrogen and oxygen atoms in total. The highest BCUT2D eigenvalue weighted by molar-refractivity contribution is 6.31. The summed E-state index contributed by atoms with van der Waals surface area (Å²) in [6.07, 6.45) is 3.69. The van der Waals surface area contributed by atoms with Crippen LogP contribution in [0.15, 0.2) is 48.7 Å². The Hall–Kier alpha value is -2.63. The maximum atomic E-state index is 12.7. The first kappa shape index (κ1) is 19.7. The van der Waals surface area contributed by atoms with Crippen molar-refractivity contribution in [2.45, 2.75) is 25.7 Å². The molecule has 0 spiro atoms. The van der Waals surface area contributed by atoms with E-state index in [1.165, 1.54) is 0 Å². The lowest BCUT2D eigenvalue weighted by Gasteiger charge is -2.28. The zero-order valence-corrected chi connectivity index (χ0v) is 17.3. The van der Waals surface area contributed by atoms with Crippen molar-refractivity contribution in [2.75, 3.05) is 25.3 Å². The molecule has 2 heterocycles. The molecule has 4 rings (SSSR count). The third-order valence-corrected chi connectivity index (χ3v) is 5.51. The minimum Gasteiger partial charge on any atom is -0.381 e. The first-order valence-electron chi connectivity index (χ1n) is 9.71. The highest BCUT2D eigenvalue weighted by Crippen LogP contribution is 2.38. The molecule has 1 aliphatic rings. The Morgan fingerprint density at radius 2 is 2.00 bits per heavy atom. The molecule has 0 amide bonds. The Bertz CT molecular complexity index is 1050. The van der Waals surface area contributed by atoms with Crippen molar-refractivity contribution >= 4 is 34.2 Å². The van der Waals surface area contributed by atoms with Gasteiger partial charge >= 0.3 is 5.97 Å². The van der Waals surface area contributed by atoms with Gasteiger partial charge in [-0.25, -0.2) is 9.86 Å². The summed E-state index contributed by atoms with van der Waals surface area (Å²) in [6, 6.07) is 12.9. The Morgan fingerprint density at radius 3 is 2.76 bits per heavy atom. The van der Waals surface area contributed by atoms with Crippen LogP contribution >= 0.6 is 11.6 Å². The average molecular weight is 411 g/mol. The van der Waals surface area contributed by atoms with Crippen LogP contribution < -0.4 is 5.06 Å². The van der Waals surface area contributed by atoms with Gasteiger partial charge in [0.05, 0.1) is 16.8 Å². The third-order valence-electron chi connectivity index (χ3n) is 5.28. The number of pyridine rings is 1. The molecule has 0 aliphatic carbocycles. The molecule has 1 saturated heterocycles. The molecule has 1 fully saturated rings. The van der Waals surface area contributed by atoms with Gasteiger partial charge in [-0.2, -0.15) is 0 Å². The topological polar surface area (TPSA) is 51.7 Å². The van der Waals surface area contributed by atoms with Crippen LogP contribution in [0.3, 0.4) is 0 Å². The summed E-state index contributed by atoms with van der Waals surface area (Å²) in [6.45, 7) is 3.37. The Labute approximate surface area is 175 Å². The fourth-order valence-electron chi connectivity index (χ4n) is 3.82. The summed E-state index contributed by atoms with van der Waals surface area (Å²) in [4.78, 5) is 23.1. The molecular weight excluding hydrogens is 388 g/mol. The number of ether oxygens (including phenoxy) is 1. The number of halogens is 1. The van der Waals surface area contributed by atoms with Crippen molar-refractivity contribution in [3.63, 3.8) is 0 Å². The van der Waals surface area contributed by atoms with Gasteiger partial charge in [-0.3, -0.25) is 4.98 Å². The molecule has 0 bridgehead atoms. The van der Waals surface area contributed by atoms with E-state index in [1.807, 2.05) is 49.5 Å². The Kier molecular flexibility index (Phi) is 5.69. The summed E-state index contributed by atoms with van der Waals surface area (Å²) in [5.41, 5.74) is 4.19. The number of fused-ring (bicyclic) bond motifs is 1. The second kappa shape index (κ2) is 8.39. The molecule has 3 aromatic rings.